The number of alkyl halides is 3. The van der Waals surface area contributed by atoms with Crippen LogP contribution in [0.3, 0.4) is 0 Å². The number of phenolic OH excluding ortho intramolecular Hbond substituents is 1. The number of anilines is 1. The number of phenols is 1. The van der Waals surface area contributed by atoms with E-state index >= 15 is 0 Å². The van der Waals surface area contributed by atoms with Crippen LogP contribution in [0.5, 0.6) is 5.75 Å². The second-order valence-corrected chi connectivity index (χ2v) is 7.10. The molecule has 0 bridgehead atoms. The van der Waals surface area contributed by atoms with Crippen molar-refractivity contribution in [3.8, 4) is 17.0 Å². The Morgan fingerprint density at radius 1 is 1.34 bits per heavy atom. The van der Waals surface area contributed by atoms with Crippen LogP contribution < -0.4 is 11.1 Å². The number of nitrogens with two attached hydrogens (primary N) is 1. The molecule has 0 saturated carbocycles. The lowest BCUT2D eigenvalue weighted by molar-refractivity contribution is -0.137. The van der Waals surface area contributed by atoms with Gasteiger partial charge in [-0.05, 0) is 50.1 Å². The van der Waals surface area contributed by atoms with Crippen LogP contribution in [-0.4, -0.2) is 34.3 Å². The number of nitrogens with one attached hydrogen (secondary N) is 1. The number of rotatable bonds is 3. The van der Waals surface area contributed by atoms with Crippen LogP contribution in [0.1, 0.15) is 36.5 Å². The summed E-state index contributed by atoms with van der Waals surface area (Å²) in [6.45, 7) is 3.34. The Balaban J connectivity index is 1.87. The number of aliphatic imine (C=N–C) groups is 1. The normalized spacial score (nSPS) is 20.1. The molecule has 1 aromatic heterocycles. The topological polar surface area (TPSA) is 101 Å². The van der Waals surface area contributed by atoms with Crippen molar-refractivity contribution in [3.63, 3.8) is 0 Å². The molecule has 9 heteroatoms. The zero-order valence-electron chi connectivity index (χ0n) is 15.9. The number of benzene rings is 1. The van der Waals surface area contributed by atoms with Crippen molar-refractivity contribution in [2.75, 3.05) is 5.73 Å². The van der Waals surface area contributed by atoms with Crippen molar-refractivity contribution in [1.29, 1.82) is 0 Å². The maximum absolute atomic E-state index is 12.9. The van der Waals surface area contributed by atoms with Gasteiger partial charge in [0.15, 0.2) is 0 Å². The van der Waals surface area contributed by atoms with E-state index in [0.717, 1.165) is 6.07 Å². The summed E-state index contributed by atoms with van der Waals surface area (Å²) in [5.41, 5.74) is 6.30. The summed E-state index contributed by atoms with van der Waals surface area (Å²) in [7, 11) is 0. The van der Waals surface area contributed by atoms with Gasteiger partial charge in [0.2, 0.25) is 5.91 Å². The molecule has 1 amide bonds. The van der Waals surface area contributed by atoms with E-state index in [4.69, 9.17) is 5.73 Å². The molecule has 2 atom stereocenters. The molecule has 3 rings (SSSR count). The minimum absolute atomic E-state index is 0.00111. The lowest BCUT2D eigenvalue weighted by Gasteiger charge is -2.26. The number of aromatic hydroxyl groups is 1. The number of hydrogen-bond acceptors (Lipinski definition) is 5. The number of nitrogen functional groups attached to an aromatic ring is 1. The highest BCUT2D eigenvalue weighted by molar-refractivity contribution is 5.87. The van der Waals surface area contributed by atoms with Crippen molar-refractivity contribution < 1.29 is 23.1 Å². The predicted molar refractivity (Wildman–Crippen MR) is 104 cm³/mol. The summed E-state index contributed by atoms with van der Waals surface area (Å²) in [5.74, 6) is -0.379. The highest BCUT2D eigenvalue weighted by Gasteiger charge is 2.32. The smallest absolute Gasteiger partial charge is 0.416 e. The summed E-state index contributed by atoms with van der Waals surface area (Å²) in [6.07, 6.45) is -1.94. The first-order valence-corrected chi connectivity index (χ1v) is 9.06. The zero-order chi connectivity index (χ0) is 21.3. The fraction of sp³-hybridized carbons (Fsp3) is 0.350. The molecule has 1 aliphatic rings. The summed E-state index contributed by atoms with van der Waals surface area (Å²) in [4.78, 5) is 20.1. The van der Waals surface area contributed by atoms with Crippen LogP contribution in [0.4, 0.5) is 19.0 Å². The van der Waals surface area contributed by atoms with E-state index < -0.39 is 17.5 Å². The van der Waals surface area contributed by atoms with Crippen LogP contribution in [-0.2, 0) is 11.0 Å². The fourth-order valence-corrected chi connectivity index (χ4v) is 3.33. The van der Waals surface area contributed by atoms with Gasteiger partial charge < -0.3 is 16.2 Å². The Kier molecular flexibility index (Phi) is 5.50. The third kappa shape index (κ3) is 4.49. The fourth-order valence-electron chi connectivity index (χ4n) is 3.33. The number of aryl methyl sites for hydroxylation is 1. The van der Waals surface area contributed by atoms with E-state index in [1.165, 1.54) is 6.92 Å². The highest BCUT2D eigenvalue weighted by Crippen LogP contribution is 2.38. The maximum atomic E-state index is 12.9. The minimum atomic E-state index is -4.55. The van der Waals surface area contributed by atoms with Gasteiger partial charge in [-0.15, -0.1) is 0 Å². The van der Waals surface area contributed by atoms with Gasteiger partial charge in [0, 0.05) is 29.8 Å². The third-order valence-corrected chi connectivity index (χ3v) is 4.89. The largest absolute Gasteiger partial charge is 0.507 e. The summed E-state index contributed by atoms with van der Waals surface area (Å²) in [5, 5.41) is 13.0. The number of halogens is 3. The summed E-state index contributed by atoms with van der Waals surface area (Å²) >= 11 is 0. The number of pyridine rings is 1. The molecule has 154 valence electrons. The Morgan fingerprint density at radius 3 is 2.66 bits per heavy atom. The van der Waals surface area contributed by atoms with E-state index in [1.54, 1.807) is 18.3 Å². The van der Waals surface area contributed by atoms with Crippen molar-refractivity contribution >= 4 is 17.9 Å². The van der Waals surface area contributed by atoms with Crippen LogP contribution in [0, 0.1) is 6.92 Å². The molecular weight excluding hydrogens is 385 g/mol. The highest BCUT2D eigenvalue weighted by atomic mass is 19.4. The van der Waals surface area contributed by atoms with Gasteiger partial charge in [-0.2, -0.15) is 13.2 Å². The Labute approximate surface area is 165 Å². The molecule has 1 aliphatic heterocycles. The van der Waals surface area contributed by atoms with Gasteiger partial charge in [-0.1, -0.05) is 0 Å². The van der Waals surface area contributed by atoms with E-state index in [1.807, 2.05) is 6.92 Å². The van der Waals surface area contributed by atoms with Gasteiger partial charge in [0.25, 0.3) is 0 Å². The standard InChI is InChI=1S/C20H21F3N4O2/c1-10-7-13(20(21,22)23)8-16(28)18(10)15-4-3-12(19(24)27-15)9-25-14-5-6-17(29)26-11(14)2/h3-4,7-9,11,14,28H,5-6H2,1-2H3,(H2,24,27)(H,26,29). The Bertz CT molecular complexity index is 950. The van der Waals surface area contributed by atoms with E-state index in [-0.39, 0.29) is 40.6 Å². The SMILES string of the molecule is Cc1cc(C(F)(F)F)cc(O)c1-c1ccc(C=NC2CCC(=O)NC2C)c(N)n1. The lowest BCUT2D eigenvalue weighted by atomic mass is 9.99. The quantitative estimate of drug-likeness (QED) is 0.680. The maximum Gasteiger partial charge on any atom is 0.416 e. The van der Waals surface area contributed by atoms with E-state index in [0.29, 0.717) is 24.5 Å². The van der Waals surface area contributed by atoms with Crippen LogP contribution in [0.25, 0.3) is 11.3 Å². The number of carbonyl (C=O) groups is 1. The van der Waals surface area contributed by atoms with Crippen molar-refractivity contribution in [2.24, 2.45) is 4.99 Å². The molecule has 1 aromatic carbocycles. The molecular formula is C20H21F3N4O2. The van der Waals surface area contributed by atoms with Gasteiger partial charge >= 0.3 is 6.18 Å². The van der Waals surface area contributed by atoms with Crippen LogP contribution in [0.15, 0.2) is 29.3 Å². The first-order chi connectivity index (χ1) is 13.6. The van der Waals surface area contributed by atoms with Crippen LogP contribution in [0.2, 0.25) is 0 Å². The Morgan fingerprint density at radius 2 is 2.07 bits per heavy atom. The number of carbonyl (C=O) groups excluding carboxylic acids is 1. The summed E-state index contributed by atoms with van der Waals surface area (Å²) in [6, 6.07) is 4.68. The molecule has 29 heavy (non-hydrogen) atoms. The molecule has 0 aliphatic carbocycles. The Hall–Kier alpha value is -3.10. The molecule has 1 saturated heterocycles. The molecule has 2 aromatic rings. The average molecular weight is 406 g/mol. The second kappa shape index (κ2) is 7.73. The summed E-state index contributed by atoms with van der Waals surface area (Å²) < 4.78 is 38.7. The molecule has 0 spiro atoms. The van der Waals surface area contributed by atoms with Gasteiger partial charge in [-0.3, -0.25) is 9.79 Å². The monoisotopic (exact) mass is 406 g/mol. The van der Waals surface area contributed by atoms with Crippen molar-refractivity contribution in [2.45, 2.75) is 44.9 Å². The second-order valence-electron chi connectivity index (χ2n) is 7.10. The zero-order valence-corrected chi connectivity index (χ0v) is 15.9. The molecule has 0 radical (unpaired) electrons. The molecule has 4 N–H and O–H groups in total. The third-order valence-electron chi connectivity index (χ3n) is 4.89. The van der Waals surface area contributed by atoms with Crippen molar-refractivity contribution in [1.82, 2.24) is 10.3 Å². The number of amides is 1. The van der Waals surface area contributed by atoms with Gasteiger partial charge in [0.1, 0.15) is 11.6 Å². The van der Waals surface area contributed by atoms with E-state index in [2.05, 4.69) is 15.3 Å². The van der Waals surface area contributed by atoms with Gasteiger partial charge in [-0.25, -0.2) is 4.98 Å². The number of nitrogens with zero attached hydrogens (tertiary/aromatic N) is 2. The predicted octanol–water partition coefficient (Wildman–Crippen LogP) is 3.45. The molecule has 2 unspecified atom stereocenters. The average Bonchev–Trinajstić information content (AvgIpc) is 2.61. The number of aromatic nitrogens is 1. The number of hydrogen-bond donors (Lipinski definition) is 3. The first-order valence-electron chi connectivity index (χ1n) is 9.06. The number of piperidine rings is 1. The molecule has 6 nitrogen and oxygen atoms in total. The minimum Gasteiger partial charge on any atom is -0.507 e. The van der Waals surface area contributed by atoms with E-state index in [9.17, 15) is 23.1 Å². The molecule has 1 fully saturated rings. The van der Waals surface area contributed by atoms with Crippen LogP contribution >= 0.6 is 0 Å². The van der Waals surface area contributed by atoms with Crippen molar-refractivity contribution in [3.05, 3.63) is 41.0 Å². The molecule has 2 heterocycles. The lowest BCUT2D eigenvalue weighted by Crippen LogP contribution is -2.45. The van der Waals surface area contributed by atoms with Gasteiger partial charge in [0.05, 0.1) is 17.3 Å². The first kappa shape index (κ1) is 20.6.